The van der Waals surface area contributed by atoms with E-state index in [1.807, 2.05) is 16.7 Å². The number of carboxylic acid groups (broad SMARTS) is 1. The topological polar surface area (TPSA) is 87.0 Å². The minimum absolute atomic E-state index is 0.0331. The largest absolute Gasteiger partial charge is 0.493 e. The van der Waals surface area contributed by atoms with Crippen molar-refractivity contribution in [1.82, 2.24) is 4.57 Å². The first-order valence-electron chi connectivity index (χ1n) is 10.6. The first-order chi connectivity index (χ1) is 14.8. The molecule has 0 amide bonds. The molecular formula is C24H29NO6. The van der Waals surface area contributed by atoms with Crippen LogP contribution in [0.3, 0.4) is 0 Å². The molecule has 7 nitrogen and oxygen atoms in total. The van der Waals surface area contributed by atoms with Crippen LogP contribution in [-0.4, -0.2) is 43.1 Å². The van der Waals surface area contributed by atoms with Gasteiger partial charge < -0.3 is 23.9 Å². The van der Waals surface area contributed by atoms with Crippen molar-refractivity contribution < 1.29 is 24.1 Å². The molecule has 1 aliphatic heterocycles. The standard InChI is InChI=1S/C24H29NO6/c1-14(2)18-7-15-8-22(31-13-24(5-6-24)12-29-3)21(30-4)9-16(15)19-10-20(26)17(23(27)28)11-25(18)19/h8-11,14,18H,5-7,12-13H2,1-4H3,(H,27,28). The van der Waals surface area contributed by atoms with Crippen molar-refractivity contribution in [2.45, 2.75) is 39.2 Å². The summed E-state index contributed by atoms with van der Waals surface area (Å²) in [5.41, 5.74) is 2.02. The van der Waals surface area contributed by atoms with Crippen molar-refractivity contribution in [3.63, 3.8) is 0 Å². The summed E-state index contributed by atoms with van der Waals surface area (Å²) >= 11 is 0. The number of aromatic carboxylic acids is 1. The summed E-state index contributed by atoms with van der Waals surface area (Å²) in [6, 6.07) is 5.36. The predicted octanol–water partition coefficient (Wildman–Crippen LogP) is 3.78. The monoisotopic (exact) mass is 427 g/mol. The lowest BCUT2D eigenvalue weighted by atomic mass is 9.87. The molecule has 0 saturated heterocycles. The zero-order chi connectivity index (χ0) is 22.3. The van der Waals surface area contributed by atoms with E-state index < -0.39 is 11.4 Å². The van der Waals surface area contributed by atoms with Crippen LogP contribution >= 0.6 is 0 Å². The molecule has 1 unspecified atom stereocenters. The van der Waals surface area contributed by atoms with Crippen LogP contribution in [0, 0.1) is 11.3 Å². The van der Waals surface area contributed by atoms with Gasteiger partial charge in [0.25, 0.3) is 0 Å². The molecule has 7 heteroatoms. The van der Waals surface area contributed by atoms with Crippen LogP contribution in [0.1, 0.15) is 48.7 Å². The normalized spacial score (nSPS) is 18.3. The number of rotatable bonds is 8. The maximum Gasteiger partial charge on any atom is 0.341 e. The quantitative estimate of drug-likeness (QED) is 0.690. The Balaban J connectivity index is 1.77. The number of hydrogen-bond acceptors (Lipinski definition) is 5. The molecular weight excluding hydrogens is 398 g/mol. The van der Waals surface area contributed by atoms with Crippen molar-refractivity contribution in [3.05, 3.63) is 45.7 Å². The molecule has 31 heavy (non-hydrogen) atoms. The third kappa shape index (κ3) is 3.94. The van der Waals surface area contributed by atoms with E-state index in [1.54, 1.807) is 14.2 Å². The fourth-order valence-electron chi connectivity index (χ4n) is 4.41. The molecule has 0 radical (unpaired) electrons. The molecule has 1 aromatic heterocycles. The minimum atomic E-state index is -1.21. The summed E-state index contributed by atoms with van der Waals surface area (Å²) < 4.78 is 19.0. The van der Waals surface area contributed by atoms with Crippen molar-refractivity contribution in [3.8, 4) is 22.8 Å². The number of fused-ring (bicyclic) bond motifs is 3. The average Bonchev–Trinajstić information content (AvgIpc) is 3.50. The van der Waals surface area contributed by atoms with Gasteiger partial charge in [-0.3, -0.25) is 4.79 Å². The number of carbonyl (C=O) groups is 1. The molecule has 2 heterocycles. The summed E-state index contributed by atoms with van der Waals surface area (Å²) in [6.07, 6.45) is 4.37. The molecule has 1 fully saturated rings. The first kappa shape index (κ1) is 21.4. The average molecular weight is 427 g/mol. The molecule has 1 atom stereocenters. The van der Waals surface area contributed by atoms with Crippen LogP contribution in [-0.2, 0) is 11.2 Å². The summed E-state index contributed by atoms with van der Waals surface area (Å²) in [4.78, 5) is 24.0. The van der Waals surface area contributed by atoms with E-state index in [4.69, 9.17) is 14.2 Å². The van der Waals surface area contributed by atoms with Crippen LogP contribution in [0.15, 0.2) is 29.2 Å². The van der Waals surface area contributed by atoms with Gasteiger partial charge in [0, 0.05) is 36.4 Å². The lowest BCUT2D eigenvalue weighted by Crippen LogP contribution is -2.28. The van der Waals surface area contributed by atoms with E-state index in [1.165, 1.54) is 12.3 Å². The smallest absolute Gasteiger partial charge is 0.341 e. The van der Waals surface area contributed by atoms with Gasteiger partial charge in [-0.25, -0.2) is 4.79 Å². The summed E-state index contributed by atoms with van der Waals surface area (Å²) in [5, 5.41) is 9.42. The van der Waals surface area contributed by atoms with Gasteiger partial charge >= 0.3 is 5.97 Å². The Morgan fingerprint density at radius 2 is 1.94 bits per heavy atom. The van der Waals surface area contributed by atoms with E-state index in [9.17, 15) is 14.7 Å². The second-order valence-electron chi connectivity index (χ2n) is 9.05. The minimum Gasteiger partial charge on any atom is -0.493 e. The van der Waals surface area contributed by atoms with E-state index in [2.05, 4.69) is 13.8 Å². The van der Waals surface area contributed by atoms with Crippen molar-refractivity contribution in [1.29, 1.82) is 0 Å². The third-order valence-corrected chi connectivity index (χ3v) is 6.47. The Hall–Kier alpha value is -2.80. The number of aromatic nitrogens is 1. The second-order valence-corrected chi connectivity index (χ2v) is 9.05. The van der Waals surface area contributed by atoms with Gasteiger partial charge in [0.1, 0.15) is 5.56 Å². The number of hydrogen-bond donors (Lipinski definition) is 1. The number of pyridine rings is 1. The van der Waals surface area contributed by atoms with Crippen LogP contribution < -0.4 is 14.9 Å². The zero-order valence-electron chi connectivity index (χ0n) is 18.4. The maximum atomic E-state index is 12.5. The lowest BCUT2D eigenvalue weighted by Gasteiger charge is -2.34. The van der Waals surface area contributed by atoms with Gasteiger partial charge in [0.15, 0.2) is 16.9 Å². The highest BCUT2D eigenvalue weighted by atomic mass is 16.5. The molecule has 1 N–H and O–H groups in total. The van der Waals surface area contributed by atoms with Crippen LogP contribution in [0.4, 0.5) is 0 Å². The highest BCUT2D eigenvalue weighted by Gasteiger charge is 2.44. The van der Waals surface area contributed by atoms with Gasteiger partial charge in [-0.2, -0.15) is 0 Å². The van der Waals surface area contributed by atoms with Gasteiger partial charge in [0.05, 0.1) is 26.0 Å². The number of benzene rings is 1. The molecule has 1 saturated carbocycles. The molecule has 0 bridgehead atoms. The van der Waals surface area contributed by atoms with E-state index >= 15 is 0 Å². The van der Waals surface area contributed by atoms with Crippen LogP contribution in [0.5, 0.6) is 11.5 Å². The number of carboxylic acids is 1. The lowest BCUT2D eigenvalue weighted by molar-refractivity contribution is 0.0694. The fourth-order valence-corrected chi connectivity index (χ4v) is 4.41. The van der Waals surface area contributed by atoms with Crippen molar-refractivity contribution >= 4 is 5.97 Å². The summed E-state index contributed by atoms with van der Waals surface area (Å²) in [7, 11) is 3.30. The predicted molar refractivity (Wildman–Crippen MR) is 116 cm³/mol. The molecule has 0 spiro atoms. The Morgan fingerprint density at radius 3 is 2.52 bits per heavy atom. The second kappa shape index (κ2) is 8.04. The highest BCUT2D eigenvalue weighted by Crippen LogP contribution is 2.47. The van der Waals surface area contributed by atoms with E-state index in [-0.39, 0.29) is 22.9 Å². The van der Waals surface area contributed by atoms with Crippen molar-refractivity contribution in [2.24, 2.45) is 11.3 Å². The molecule has 2 aliphatic rings. The Kier molecular flexibility index (Phi) is 5.56. The third-order valence-electron chi connectivity index (χ3n) is 6.47. The number of nitrogens with zero attached hydrogens (tertiary/aromatic N) is 1. The SMILES string of the molecule is COCC1(COc2cc3c(cc2OC)-c2cc(=O)c(C(=O)O)cn2C(C(C)C)C3)CC1. The maximum absolute atomic E-state index is 12.5. The molecule has 1 aromatic carbocycles. The van der Waals surface area contributed by atoms with Gasteiger partial charge in [-0.15, -0.1) is 0 Å². The highest BCUT2D eigenvalue weighted by molar-refractivity contribution is 5.88. The summed E-state index contributed by atoms with van der Waals surface area (Å²) in [5.74, 6) is 0.319. The van der Waals surface area contributed by atoms with Gasteiger partial charge in [0.2, 0.25) is 0 Å². The van der Waals surface area contributed by atoms with Gasteiger partial charge in [-0.1, -0.05) is 13.8 Å². The molecule has 166 valence electrons. The fraction of sp³-hybridized carbons (Fsp3) is 0.500. The number of ether oxygens (including phenoxy) is 3. The van der Waals surface area contributed by atoms with Crippen LogP contribution in [0.25, 0.3) is 11.3 Å². The van der Waals surface area contributed by atoms with Crippen molar-refractivity contribution in [2.75, 3.05) is 27.4 Å². The van der Waals surface area contributed by atoms with Crippen LogP contribution in [0.2, 0.25) is 0 Å². The van der Waals surface area contributed by atoms with E-state index in [0.717, 1.165) is 24.0 Å². The molecule has 4 rings (SSSR count). The summed E-state index contributed by atoms with van der Waals surface area (Å²) in [6.45, 7) is 5.44. The Bertz CT molecular complexity index is 1070. The first-order valence-corrected chi connectivity index (χ1v) is 10.6. The number of methoxy groups -OCH3 is 2. The molecule has 2 aromatic rings. The molecule has 1 aliphatic carbocycles. The van der Waals surface area contributed by atoms with Gasteiger partial charge in [-0.05, 0) is 42.9 Å². The Labute approximate surface area is 181 Å². The Morgan fingerprint density at radius 1 is 1.19 bits per heavy atom. The van der Waals surface area contributed by atoms with E-state index in [0.29, 0.717) is 36.8 Å². The zero-order valence-corrected chi connectivity index (χ0v) is 18.4.